The van der Waals surface area contributed by atoms with Crippen molar-refractivity contribution in [2.45, 2.75) is 38.8 Å². The number of carbonyl (C=O) groups excluding carboxylic acids is 2. The summed E-state index contributed by atoms with van der Waals surface area (Å²) in [7, 11) is -5.17. The number of ether oxygens (including phenoxy) is 2. The molecule has 2 unspecified atom stereocenters. The molecule has 0 aliphatic rings. The fourth-order valence-electron chi connectivity index (χ4n) is 2.40. The van der Waals surface area contributed by atoms with Gasteiger partial charge in [-0.25, -0.2) is 0 Å². The first-order chi connectivity index (χ1) is 15.5. The summed E-state index contributed by atoms with van der Waals surface area (Å²) in [4.78, 5) is 22.4. The van der Waals surface area contributed by atoms with Gasteiger partial charge in [0.05, 0.1) is 13.2 Å². The SMILES string of the molecule is CCOC(=O)C(N)Cc1ccccc1.CCOC(=O)C(N)Cc1ccccc1.O=S(=O)([O-])[O-].[Fe+2]. The Kier molecular flexibility index (Phi) is 19.0. The van der Waals surface area contributed by atoms with E-state index in [1.165, 1.54) is 0 Å². The zero-order valence-corrected chi connectivity index (χ0v) is 20.9. The Labute approximate surface area is 211 Å². The summed E-state index contributed by atoms with van der Waals surface area (Å²) in [5.41, 5.74) is 13.4. The van der Waals surface area contributed by atoms with Gasteiger partial charge in [-0.2, -0.15) is 0 Å². The molecule has 2 aromatic carbocycles. The first-order valence-corrected chi connectivity index (χ1v) is 11.4. The molecular weight excluding hydrogens is 508 g/mol. The van der Waals surface area contributed by atoms with Gasteiger partial charge in [0.1, 0.15) is 12.1 Å². The molecule has 0 aliphatic heterocycles. The first-order valence-electron chi connectivity index (χ1n) is 10.1. The van der Waals surface area contributed by atoms with Crippen molar-refractivity contribution in [2.75, 3.05) is 13.2 Å². The van der Waals surface area contributed by atoms with Gasteiger partial charge in [0.2, 0.25) is 0 Å². The van der Waals surface area contributed by atoms with Gasteiger partial charge in [-0.1, -0.05) is 60.7 Å². The van der Waals surface area contributed by atoms with E-state index in [-0.39, 0.29) is 29.0 Å². The summed E-state index contributed by atoms with van der Waals surface area (Å²) in [6.45, 7) is 4.29. The van der Waals surface area contributed by atoms with E-state index in [2.05, 4.69) is 0 Å². The predicted molar refractivity (Wildman–Crippen MR) is 120 cm³/mol. The van der Waals surface area contributed by atoms with Crippen LogP contribution in [0.25, 0.3) is 0 Å². The zero-order valence-electron chi connectivity index (χ0n) is 18.9. The van der Waals surface area contributed by atoms with Crippen LogP contribution in [0.5, 0.6) is 0 Å². The fourth-order valence-corrected chi connectivity index (χ4v) is 2.40. The van der Waals surface area contributed by atoms with Gasteiger partial charge in [-0.15, -0.1) is 0 Å². The summed E-state index contributed by atoms with van der Waals surface area (Å²) >= 11 is 0. The maximum absolute atomic E-state index is 11.2. The van der Waals surface area contributed by atoms with Crippen LogP contribution in [0.1, 0.15) is 25.0 Å². The maximum Gasteiger partial charge on any atom is 2.00 e. The molecule has 0 heterocycles. The third-order valence-corrected chi connectivity index (χ3v) is 3.78. The molecule has 0 amide bonds. The van der Waals surface area contributed by atoms with E-state index in [1.54, 1.807) is 13.8 Å². The molecule has 34 heavy (non-hydrogen) atoms. The Balaban J connectivity index is 0. The van der Waals surface area contributed by atoms with Gasteiger partial charge in [-0.05, 0) is 37.8 Å². The molecule has 12 heteroatoms. The Morgan fingerprint density at radius 1 is 0.765 bits per heavy atom. The molecule has 0 saturated carbocycles. The van der Waals surface area contributed by atoms with Crippen molar-refractivity contribution >= 4 is 22.3 Å². The van der Waals surface area contributed by atoms with Crippen LogP contribution in [0.2, 0.25) is 0 Å². The summed E-state index contributed by atoms with van der Waals surface area (Å²) in [6, 6.07) is 18.2. The van der Waals surface area contributed by atoms with Crippen molar-refractivity contribution < 1.29 is 53.7 Å². The average Bonchev–Trinajstić information content (AvgIpc) is 2.75. The van der Waals surface area contributed by atoms with Crippen molar-refractivity contribution in [3.63, 3.8) is 0 Å². The Morgan fingerprint density at radius 3 is 1.26 bits per heavy atom. The summed E-state index contributed by atoms with van der Waals surface area (Å²) in [5.74, 6) is -0.673. The quantitative estimate of drug-likeness (QED) is 0.212. The van der Waals surface area contributed by atoms with Gasteiger partial charge >= 0.3 is 29.0 Å². The second kappa shape index (κ2) is 19.0. The molecule has 0 aromatic heterocycles. The second-order valence-electron chi connectivity index (χ2n) is 6.50. The Bertz CT molecular complexity index is 846. The molecule has 2 aromatic rings. The molecule has 190 valence electrons. The van der Waals surface area contributed by atoms with E-state index in [0.29, 0.717) is 26.1 Å². The van der Waals surface area contributed by atoms with Crippen LogP contribution >= 0.6 is 0 Å². The third-order valence-electron chi connectivity index (χ3n) is 3.78. The number of hydrogen-bond donors (Lipinski definition) is 2. The molecule has 0 spiro atoms. The minimum atomic E-state index is -5.17. The predicted octanol–water partition coefficient (Wildman–Crippen LogP) is 0.899. The molecule has 0 aliphatic carbocycles. The number of rotatable bonds is 8. The van der Waals surface area contributed by atoms with E-state index < -0.39 is 22.5 Å². The van der Waals surface area contributed by atoms with Crippen LogP contribution in [0.15, 0.2) is 60.7 Å². The first kappa shape index (κ1) is 33.9. The minimum absolute atomic E-state index is 0. The van der Waals surface area contributed by atoms with E-state index in [9.17, 15) is 9.59 Å². The van der Waals surface area contributed by atoms with Crippen LogP contribution in [0, 0.1) is 0 Å². The number of carbonyl (C=O) groups is 2. The molecule has 0 bridgehead atoms. The van der Waals surface area contributed by atoms with E-state index >= 15 is 0 Å². The van der Waals surface area contributed by atoms with Gasteiger partial charge in [0.15, 0.2) is 0 Å². The average molecular weight is 538 g/mol. The van der Waals surface area contributed by atoms with Crippen molar-refractivity contribution in [3.05, 3.63) is 71.8 Å². The van der Waals surface area contributed by atoms with Crippen LogP contribution in [-0.2, 0) is 59.4 Å². The molecule has 4 N–H and O–H groups in total. The van der Waals surface area contributed by atoms with Crippen LogP contribution < -0.4 is 11.5 Å². The number of benzene rings is 2. The zero-order chi connectivity index (χ0) is 25.3. The van der Waals surface area contributed by atoms with Gasteiger partial charge < -0.3 is 30.0 Å². The van der Waals surface area contributed by atoms with E-state index in [4.69, 9.17) is 38.5 Å². The smallest absolute Gasteiger partial charge is 0.759 e. The fraction of sp³-hybridized carbons (Fsp3) is 0.364. The monoisotopic (exact) mass is 538 g/mol. The molecule has 2 atom stereocenters. The topological polar surface area (TPSA) is 185 Å². The molecule has 10 nitrogen and oxygen atoms in total. The van der Waals surface area contributed by atoms with Crippen LogP contribution in [-0.4, -0.2) is 54.8 Å². The van der Waals surface area contributed by atoms with Crippen molar-refractivity contribution in [1.82, 2.24) is 0 Å². The summed E-state index contributed by atoms with van der Waals surface area (Å²) < 4.78 is 43.7. The molecule has 0 radical (unpaired) electrons. The molecular formula is C22H30FeN2O8S. The van der Waals surface area contributed by atoms with E-state index in [0.717, 1.165) is 11.1 Å². The normalized spacial score (nSPS) is 11.7. The van der Waals surface area contributed by atoms with Crippen molar-refractivity contribution in [1.29, 1.82) is 0 Å². The standard InChI is InChI=1S/2C11H15NO2.Fe.H2O4S/c2*1-2-14-11(13)10(12)8-9-6-4-3-5-7-9;;1-5(2,3)4/h2*3-7,10H,2,8,12H2,1H3;;(H2,1,2,3,4)/q;;+2;/p-2. The summed E-state index contributed by atoms with van der Waals surface area (Å²) in [5, 5.41) is 0. The molecule has 0 fully saturated rings. The number of nitrogens with two attached hydrogens (primary N) is 2. The molecule has 0 saturated heterocycles. The summed E-state index contributed by atoms with van der Waals surface area (Å²) in [6.07, 6.45) is 1.05. The van der Waals surface area contributed by atoms with Gasteiger partial charge in [-0.3, -0.25) is 18.0 Å². The molecule has 2 rings (SSSR count). The maximum atomic E-state index is 11.2. The number of esters is 2. The Hall–Kier alpha value is -2.31. The number of hydrogen-bond acceptors (Lipinski definition) is 10. The van der Waals surface area contributed by atoms with Crippen molar-refractivity contribution in [2.24, 2.45) is 11.5 Å². The van der Waals surface area contributed by atoms with Crippen LogP contribution in [0.3, 0.4) is 0 Å². The third kappa shape index (κ3) is 19.2. The van der Waals surface area contributed by atoms with E-state index in [1.807, 2.05) is 60.7 Å². The second-order valence-corrected chi connectivity index (χ2v) is 7.32. The largest absolute Gasteiger partial charge is 2.00 e. The van der Waals surface area contributed by atoms with Gasteiger partial charge in [0, 0.05) is 10.4 Å². The van der Waals surface area contributed by atoms with Crippen molar-refractivity contribution in [3.8, 4) is 0 Å². The Morgan fingerprint density at radius 2 is 1.03 bits per heavy atom. The minimum Gasteiger partial charge on any atom is -0.759 e. The van der Waals surface area contributed by atoms with Gasteiger partial charge in [0.25, 0.3) is 0 Å². The van der Waals surface area contributed by atoms with Crippen LogP contribution in [0.4, 0.5) is 0 Å².